The molecule has 2 aromatic carbocycles. The first kappa shape index (κ1) is 18.0. The maximum Gasteiger partial charge on any atom is 0.251 e. The third-order valence-electron chi connectivity index (χ3n) is 3.41. The van der Waals surface area contributed by atoms with Crippen LogP contribution in [0.15, 0.2) is 53.0 Å². The zero-order valence-corrected chi connectivity index (χ0v) is 14.9. The summed E-state index contributed by atoms with van der Waals surface area (Å²) in [6.45, 7) is 0.677. The molecule has 0 unspecified atom stereocenters. The van der Waals surface area contributed by atoms with Gasteiger partial charge in [-0.05, 0) is 30.3 Å². The Labute approximate surface area is 149 Å². The minimum atomic E-state index is -0.194. The lowest BCUT2D eigenvalue weighted by Crippen LogP contribution is -2.30. The van der Waals surface area contributed by atoms with Crippen LogP contribution in [0.3, 0.4) is 0 Å². The summed E-state index contributed by atoms with van der Waals surface area (Å²) in [4.78, 5) is 23.8. The van der Waals surface area contributed by atoms with Crippen LogP contribution >= 0.6 is 15.9 Å². The molecule has 126 valence electrons. The lowest BCUT2D eigenvalue weighted by atomic mass is 10.2. The molecule has 2 rings (SSSR count). The van der Waals surface area contributed by atoms with Gasteiger partial charge in [-0.15, -0.1) is 0 Å². The Morgan fingerprint density at radius 2 is 1.75 bits per heavy atom. The molecule has 0 aromatic heterocycles. The van der Waals surface area contributed by atoms with Crippen LogP contribution in [-0.4, -0.2) is 25.5 Å². The molecular weight excluding hydrogens is 372 g/mol. The molecule has 0 aliphatic carbocycles. The third kappa shape index (κ3) is 5.38. The molecule has 0 radical (unpaired) electrons. The van der Waals surface area contributed by atoms with Crippen LogP contribution in [-0.2, 0) is 11.3 Å². The van der Waals surface area contributed by atoms with Crippen molar-refractivity contribution in [3.8, 4) is 5.75 Å². The number of rotatable bonds is 7. The summed E-state index contributed by atoms with van der Waals surface area (Å²) in [5.41, 5.74) is 1.47. The number of nitrogens with one attached hydrogen (secondary N) is 2. The van der Waals surface area contributed by atoms with Gasteiger partial charge in [0.25, 0.3) is 5.91 Å². The lowest BCUT2D eigenvalue weighted by molar-refractivity contribution is -0.121. The van der Waals surface area contributed by atoms with Crippen LogP contribution in [0.2, 0.25) is 0 Å². The molecule has 2 N–H and O–H groups in total. The maximum absolute atomic E-state index is 11.9. The monoisotopic (exact) mass is 390 g/mol. The van der Waals surface area contributed by atoms with Crippen LogP contribution in [0, 0.1) is 0 Å². The Kier molecular flexibility index (Phi) is 6.81. The molecule has 0 fully saturated rings. The summed E-state index contributed by atoms with van der Waals surface area (Å²) >= 11 is 3.32. The van der Waals surface area contributed by atoms with E-state index in [1.165, 1.54) is 0 Å². The minimum absolute atomic E-state index is 0.128. The summed E-state index contributed by atoms with van der Waals surface area (Å²) in [7, 11) is 1.60. The number of para-hydroxylation sites is 1. The largest absolute Gasteiger partial charge is 0.496 e. The van der Waals surface area contributed by atoms with Crippen molar-refractivity contribution < 1.29 is 14.3 Å². The van der Waals surface area contributed by atoms with E-state index in [0.29, 0.717) is 12.1 Å². The fourth-order valence-corrected chi connectivity index (χ4v) is 2.39. The van der Waals surface area contributed by atoms with Crippen LogP contribution in [0.4, 0.5) is 0 Å². The van der Waals surface area contributed by atoms with Gasteiger partial charge >= 0.3 is 0 Å². The van der Waals surface area contributed by atoms with E-state index in [-0.39, 0.29) is 24.8 Å². The molecule has 0 atom stereocenters. The van der Waals surface area contributed by atoms with E-state index < -0.39 is 0 Å². The van der Waals surface area contributed by atoms with E-state index in [4.69, 9.17) is 4.74 Å². The van der Waals surface area contributed by atoms with Crippen LogP contribution in [0.25, 0.3) is 0 Å². The minimum Gasteiger partial charge on any atom is -0.496 e. The number of hydrogen-bond acceptors (Lipinski definition) is 3. The second-order valence-electron chi connectivity index (χ2n) is 5.10. The second kappa shape index (κ2) is 9.08. The van der Waals surface area contributed by atoms with Crippen LogP contribution in [0.5, 0.6) is 5.75 Å². The van der Waals surface area contributed by atoms with E-state index >= 15 is 0 Å². The zero-order valence-electron chi connectivity index (χ0n) is 13.3. The predicted molar refractivity (Wildman–Crippen MR) is 95.9 cm³/mol. The van der Waals surface area contributed by atoms with Crippen molar-refractivity contribution in [1.29, 1.82) is 0 Å². The van der Waals surface area contributed by atoms with Crippen molar-refractivity contribution >= 4 is 27.7 Å². The Morgan fingerprint density at radius 3 is 2.46 bits per heavy atom. The SMILES string of the molecule is COc1ccccc1CNC(=O)CCNC(=O)c1ccc(Br)cc1. The van der Waals surface area contributed by atoms with Gasteiger partial charge in [-0.2, -0.15) is 0 Å². The molecule has 0 spiro atoms. The van der Waals surface area contributed by atoms with E-state index in [9.17, 15) is 9.59 Å². The highest BCUT2D eigenvalue weighted by Crippen LogP contribution is 2.16. The predicted octanol–water partition coefficient (Wildman–Crippen LogP) is 2.89. The highest BCUT2D eigenvalue weighted by molar-refractivity contribution is 9.10. The number of halogens is 1. The molecular formula is C18H19BrN2O3. The highest BCUT2D eigenvalue weighted by atomic mass is 79.9. The standard InChI is InChI=1S/C18H19BrN2O3/c1-24-16-5-3-2-4-14(16)12-21-17(22)10-11-20-18(23)13-6-8-15(19)9-7-13/h2-9H,10-12H2,1H3,(H,20,23)(H,21,22). The molecule has 6 heteroatoms. The third-order valence-corrected chi connectivity index (χ3v) is 3.94. The summed E-state index contributed by atoms with van der Waals surface area (Å²) in [6.07, 6.45) is 0.220. The van der Waals surface area contributed by atoms with E-state index in [1.807, 2.05) is 24.3 Å². The fraction of sp³-hybridized carbons (Fsp3) is 0.222. The fourth-order valence-electron chi connectivity index (χ4n) is 2.12. The van der Waals surface area contributed by atoms with Crippen LogP contribution in [0.1, 0.15) is 22.3 Å². The van der Waals surface area contributed by atoms with E-state index in [1.54, 1.807) is 31.4 Å². The number of methoxy groups -OCH3 is 1. The van der Waals surface area contributed by atoms with Gasteiger partial charge < -0.3 is 15.4 Å². The Bertz CT molecular complexity index is 702. The Balaban J connectivity index is 1.73. The van der Waals surface area contributed by atoms with Gasteiger partial charge in [-0.3, -0.25) is 9.59 Å². The molecule has 0 bridgehead atoms. The van der Waals surface area contributed by atoms with Crippen molar-refractivity contribution in [2.45, 2.75) is 13.0 Å². The van der Waals surface area contributed by atoms with Gasteiger partial charge in [0.1, 0.15) is 5.75 Å². The quantitative estimate of drug-likeness (QED) is 0.763. The van der Waals surface area contributed by atoms with Gasteiger partial charge in [0.2, 0.25) is 5.91 Å². The molecule has 0 saturated heterocycles. The normalized spacial score (nSPS) is 10.1. The molecule has 0 heterocycles. The molecule has 24 heavy (non-hydrogen) atoms. The summed E-state index contributed by atoms with van der Waals surface area (Å²) in [5, 5.41) is 5.55. The number of hydrogen-bond donors (Lipinski definition) is 2. The number of carbonyl (C=O) groups is 2. The number of amides is 2. The number of carbonyl (C=O) groups excluding carboxylic acids is 2. The Morgan fingerprint density at radius 1 is 1.04 bits per heavy atom. The molecule has 2 amide bonds. The zero-order chi connectivity index (χ0) is 17.4. The summed E-state index contributed by atoms with van der Waals surface area (Å²) < 4.78 is 6.15. The molecule has 0 saturated carbocycles. The average Bonchev–Trinajstić information content (AvgIpc) is 2.60. The summed E-state index contributed by atoms with van der Waals surface area (Å²) in [6, 6.07) is 14.6. The van der Waals surface area contributed by atoms with Gasteiger partial charge in [-0.1, -0.05) is 34.1 Å². The lowest BCUT2D eigenvalue weighted by Gasteiger charge is -2.10. The molecule has 5 nitrogen and oxygen atoms in total. The van der Waals surface area contributed by atoms with E-state index in [0.717, 1.165) is 15.8 Å². The number of ether oxygens (including phenoxy) is 1. The first-order chi connectivity index (χ1) is 11.6. The van der Waals surface area contributed by atoms with E-state index in [2.05, 4.69) is 26.6 Å². The topological polar surface area (TPSA) is 67.4 Å². The van der Waals surface area contributed by atoms with Gasteiger partial charge in [0, 0.05) is 35.1 Å². The van der Waals surface area contributed by atoms with Gasteiger partial charge in [-0.25, -0.2) is 0 Å². The average molecular weight is 391 g/mol. The summed E-state index contributed by atoms with van der Waals surface area (Å²) in [5.74, 6) is 0.415. The van der Waals surface area contributed by atoms with Crippen molar-refractivity contribution in [3.63, 3.8) is 0 Å². The molecule has 2 aromatic rings. The van der Waals surface area contributed by atoms with Crippen molar-refractivity contribution in [1.82, 2.24) is 10.6 Å². The smallest absolute Gasteiger partial charge is 0.251 e. The Hall–Kier alpha value is -2.34. The number of benzene rings is 2. The van der Waals surface area contributed by atoms with Gasteiger partial charge in [0.05, 0.1) is 7.11 Å². The first-order valence-corrected chi connectivity index (χ1v) is 8.32. The molecule has 0 aliphatic heterocycles. The van der Waals surface area contributed by atoms with Crippen LogP contribution < -0.4 is 15.4 Å². The first-order valence-electron chi connectivity index (χ1n) is 7.52. The van der Waals surface area contributed by atoms with Crippen molar-refractivity contribution in [3.05, 3.63) is 64.1 Å². The van der Waals surface area contributed by atoms with Gasteiger partial charge in [0.15, 0.2) is 0 Å². The highest BCUT2D eigenvalue weighted by Gasteiger charge is 2.07. The maximum atomic E-state index is 11.9. The molecule has 0 aliphatic rings. The van der Waals surface area contributed by atoms with Crippen molar-refractivity contribution in [2.75, 3.05) is 13.7 Å². The second-order valence-corrected chi connectivity index (χ2v) is 6.02. The van der Waals surface area contributed by atoms with Crippen molar-refractivity contribution in [2.24, 2.45) is 0 Å².